The predicted octanol–water partition coefficient (Wildman–Crippen LogP) is 5.27. The molecule has 0 spiro atoms. The Morgan fingerprint density at radius 2 is 1.76 bits per heavy atom. The van der Waals surface area contributed by atoms with Crippen LogP contribution in [0.2, 0.25) is 0 Å². The lowest BCUT2D eigenvalue weighted by atomic mass is 9.93. The summed E-state index contributed by atoms with van der Waals surface area (Å²) in [5.41, 5.74) is 3.07. The molecule has 0 saturated carbocycles. The van der Waals surface area contributed by atoms with Crippen molar-refractivity contribution < 1.29 is 29.0 Å². The highest BCUT2D eigenvalue weighted by atomic mass is 32.1. The highest BCUT2D eigenvalue weighted by Crippen LogP contribution is 2.44. The summed E-state index contributed by atoms with van der Waals surface area (Å²) in [6.45, 7) is 9.64. The lowest BCUT2D eigenvalue weighted by Crippen LogP contribution is -2.29. The summed E-state index contributed by atoms with van der Waals surface area (Å²) >= 11 is 0.979. The molecule has 2 heterocycles. The topological polar surface area (TPSA) is 106 Å². The van der Waals surface area contributed by atoms with Crippen molar-refractivity contribution in [1.82, 2.24) is 4.98 Å². The van der Waals surface area contributed by atoms with E-state index in [4.69, 9.17) is 9.47 Å². The maximum absolute atomic E-state index is 13.4. The van der Waals surface area contributed by atoms with E-state index in [-0.39, 0.29) is 27.9 Å². The number of hydrogen-bond donors (Lipinski definition) is 1. The lowest BCUT2D eigenvalue weighted by molar-refractivity contribution is -0.132. The summed E-state index contributed by atoms with van der Waals surface area (Å²) in [4.78, 5) is 45.2. The van der Waals surface area contributed by atoms with Crippen molar-refractivity contribution in [2.45, 2.75) is 40.7 Å². The van der Waals surface area contributed by atoms with Gasteiger partial charge in [-0.3, -0.25) is 14.5 Å². The van der Waals surface area contributed by atoms with E-state index in [1.165, 1.54) is 4.90 Å². The van der Waals surface area contributed by atoms with Crippen LogP contribution in [0.25, 0.3) is 5.76 Å². The first-order valence-electron chi connectivity index (χ1n) is 11.9. The summed E-state index contributed by atoms with van der Waals surface area (Å²) in [7, 11) is 0. The van der Waals surface area contributed by atoms with Gasteiger partial charge in [-0.2, -0.15) is 0 Å². The molecule has 1 aliphatic heterocycles. The number of nitrogens with zero attached hydrogens (tertiary/aromatic N) is 2. The maximum atomic E-state index is 13.4. The van der Waals surface area contributed by atoms with Crippen molar-refractivity contribution in [3.63, 3.8) is 0 Å². The van der Waals surface area contributed by atoms with Gasteiger partial charge >= 0.3 is 11.9 Å². The number of ketones is 1. The summed E-state index contributed by atoms with van der Waals surface area (Å²) in [6, 6.07) is 11.6. The highest BCUT2D eigenvalue weighted by molar-refractivity contribution is 7.17. The molecular formula is C28H28N2O6S. The Morgan fingerprint density at radius 3 is 2.38 bits per heavy atom. The van der Waals surface area contributed by atoms with Crippen molar-refractivity contribution in [2.75, 3.05) is 18.1 Å². The van der Waals surface area contributed by atoms with Crippen LogP contribution in [0.5, 0.6) is 5.75 Å². The Labute approximate surface area is 219 Å². The second-order valence-corrected chi connectivity index (χ2v) is 9.60. The summed E-state index contributed by atoms with van der Waals surface area (Å²) in [5, 5.41) is 11.6. The number of anilines is 1. The Bertz CT molecular complexity index is 1410. The molecule has 3 aromatic rings. The molecule has 1 amide bonds. The minimum Gasteiger partial charge on any atom is -0.507 e. The number of Topliss-reactive ketones (excluding diaryl/α,β-unsaturated/α-hetero) is 1. The van der Waals surface area contributed by atoms with Crippen LogP contribution >= 0.6 is 11.3 Å². The van der Waals surface area contributed by atoms with E-state index in [1.54, 1.807) is 39.0 Å². The largest absolute Gasteiger partial charge is 0.507 e. The molecule has 37 heavy (non-hydrogen) atoms. The van der Waals surface area contributed by atoms with Gasteiger partial charge in [0.1, 0.15) is 16.4 Å². The number of aliphatic hydroxyl groups excluding tert-OH is 1. The molecule has 0 radical (unpaired) electrons. The quantitative estimate of drug-likeness (QED) is 0.196. The van der Waals surface area contributed by atoms with Gasteiger partial charge in [0.15, 0.2) is 5.13 Å². The van der Waals surface area contributed by atoms with Gasteiger partial charge in [0, 0.05) is 5.56 Å². The second-order valence-electron chi connectivity index (χ2n) is 8.62. The number of ether oxygens (including phenoxy) is 2. The SMILES string of the molecule is CCOC(=O)c1sc(N2C(=O)C(=O)/C(=C(/O)c3ccc(OCC)cc3C)C2c2ccc(C)cc2)nc1C. The Balaban J connectivity index is 1.90. The van der Waals surface area contributed by atoms with Gasteiger partial charge in [0.2, 0.25) is 0 Å². The van der Waals surface area contributed by atoms with Crippen molar-refractivity contribution in [2.24, 2.45) is 0 Å². The highest BCUT2D eigenvalue weighted by Gasteiger charge is 2.48. The molecule has 0 bridgehead atoms. The van der Waals surface area contributed by atoms with Crippen LogP contribution in [0.4, 0.5) is 5.13 Å². The molecule has 1 fully saturated rings. The molecule has 4 rings (SSSR count). The molecule has 0 aliphatic carbocycles. The van der Waals surface area contributed by atoms with E-state index in [9.17, 15) is 19.5 Å². The van der Waals surface area contributed by atoms with Crippen LogP contribution in [0.15, 0.2) is 48.0 Å². The van der Waals surface area contributed by atoms with E-state index < -0.39 is 23.7 Å². The number of hydrogen-bond acceptors (Lipinski definition) is 8. The van der Waals surface area contributed by atoms with E-state index in [0.29, 0.717) is 34.7 Å². The van der Waals surface area contributed by atoms with Gasteiger partial charge in [-0.25, -0.2) is 9.78 Å². The number of thiazole rings is 1. The van der Waals surface area contributed by atoms with Crippen LogP contribution in [-0.4, -0.2) is 41.0 Å². The van der Waals surface area contributed by atoms with Gasteiger partial charge in [0.25, 0.3) is 5.78 Å². The molecular weight excluding hydrogens is 492 g/mol. The number of rotatable bonds is 7. The Kier molecular flexibility index (Phi) is 7.45. The van der Waals surface area contributed by atoms with Gasteiger partial charge in [-0.05, 0) is 63.9 Å². The standard InChI is InChI=1S/C28H28N2O6S/c1-6-35-19-12-13-20(16(4)14-19)23(31)21-22(18-10-8-15(3)9-11-18)30(26(33)24(21)32)28-29-17(5)25(37-28)27(34)36-7-2/h8-14,22,31H,6-7H2,1-5H3/b23-21+. The first-order valence-corrected chi connectivity index (χ1v) is 12.7. The maximum Gasteiger partial charge on any atom is 0.350 e. The Hall–Kier alpha value is -3.98. The number of amides is 1. The summed E-state index contributed by atoms with van der Waals surface area (Å²) in [5.74, 6) is -1.86. The van der Waals surface area contributed by atoms with Crippen molar-refractivity contribution >= 4 is 39.9 Å². The number of aliphatic hydroxyl groups is 1. The van der Waals surface area contributed by atoms with Crippen LogP contribution in [0, 0.1) is 20.8 Å². The van der Waals surface area contributed by atoms with Gasteiger partial charge < -0.3 is 14.6 Å². The molecule has 1 atom stereocenters. The molecule has 192 valence electrons. The zero-order valence-corrected chi connectivity index (χ0v) is 22.1. The fourth-order valence-electron chi connectivity index (χ4n) is 4.27. The summed E-state index contributed by atoms with van der Waals surface area (Å²) < 4.78 is 10.7. The van der Waals surface area contributed by atoms with Crippen molar-refractivity contribution in [1.29, 1.82) is 0 Å². The third-order valence-electron chi connectivity index (χ3n) is 6.05. The average molecular weight is 521 g/mol. The van der Waals surface area contributed by atoms with Gasteiger partial charge in [0.05, 0.1) is 30.5 Å². The van der Waals surface area contributed by atoms with Crippen molar-refractivity contribution in [3.8, 4) is 5.75 Å². The lowest BCUT2D eigenvalue weighted by Gasteiger charge is -2.23. The monoisotopic (exact) mass is 520 g/mol. The van der Waals surface area contributed by atoms with Crippen LogP contribution in [-0.2, 0) is 14.3 Å². The molecule has 1 N–H and O–H groups in total. The molecule has 1 aliphatic rings. The van der Waals surface area contributed by atoms with Gasteiger partial charge in [-0.1, -0.05) is 41.2 Å². The second kappa shape index (κ2) is 10.6. The number of benzene rings is 2. The fraction of sp³-hybridized carbons (Fsp3) is 0.286. The molecule has 1 saturated heterocycles. The minimum absolute atomic E-state index is 0.0494. The number of carbonyl (C=O) groups is 3. The molecule has 2 aromatic carbocycles. The van der Waals surface area contributed by atoms with Crippen molar-refractivity contribution in [3.05, 3.63) is 80.9 Å². The molecule has 1 unspecified atom stereocenters. The molecule has 8 nitrogen and oxygen atoms in total. The van der Waals surface area contributed by atoms with Crippen LogP contribution < -0.4 is 9.64 Å². The van der Waals surface area contributed by atoms with E-state index in [1.807, 2.05) is 38.1 Å². The zero-order chi connectivity index (χ0) is 26.9. The number of esters is 1. The normalized spacial score (nSPS) is 16.8. The first-order chi connectivity index (χ1) is 17.7. The average Bonchev–Trinajstić information content (AvgIpc) is 3.36. The van der Waals surface area contributed by atoms with Gasteiger partial charge in [-0.15, -0.1) is 0 Å². The predicted molar refractivity (Wildman–Crippen MR) is 141 cm³/mol. The Morgan fingerprint density at radius 1 is 1.05 bits per heavy atom. The minimum atomic E-state index is -0.938. The summed E-state index contributed by atoms with van der Waals surface area (Å²) in [6.07, 6.45) is 0. The number of carbonyl (C=O) groups excluding carboxylic acids is 3. The molecule has 9 heteroatoms. The van der Waals surface area contributed by atoms with E-state index in [2.05, 4.69) is 4.98 Å². The van der Waals surface area contributed by atoms with Crippen LogP contribution in [0.3, 0.4) is 0 Å². The van der Waals surface area contributed by atoms with E-state index in [0.717, 1.165) is 16.9 Å². The van der Waals surface area contributed by atoms with Crippen LogP contribution in [0.1, 0.15) is 57.5 Å². The number of aromatic nitrogens is 1. The number of aryl methyl sites for hydroxylation is 3. The zero-order valence-electron chi connectivity index (χ0n) is 21.3. The molecule has 1 aromatic heterocycles. The fourth-order valence-corrected chi connectivity index (χ4v) is 5.26. The first kappa shape index (κ1) is 26.1. The van der Waals surface area contributed by atoms with E-state index >= 15 is 0 Å². The third kappa shape index (κ3) is 4.86. The third-order valence-corrected chi connectivity index (χ3v) is 7.19. The smallest absolute Gasteiger partial charge is 0.350 e.